The zero-order valence-corrected chi connectivity index (χ0v) is 14.9. The van der Waals surface area contributed by atoms with Crippen molar-refractivity contribution in [1.29, 1.82) is 0 Å². The summed E-state index contributed by atoms with van der Waals surface area (Å²) in [7, 11) is 1.54. The first-order chi connectivity index (χ1) is 11.9. The lowest BCUT2D eigenvalue weighted by molar-refractivity contribution is -0.141. The smallest absolute Gasteiger partial charge is 0.338 e. The van der Waals surface area contributed by atoms with Crippen LogP contribution in [0.25, 0.3) is 0 Å². The number of urea groups is 1. The molecule has 1 aromatic carbocycles. The average Bonchev–Trinajstić information content (AvgIpc) is 2.57. The van der Waals surface area contributed by atoms with Gasteiger partial charge in [0.2, 0.25) is 0 Å². The number of hydrogen-bond acceptors (Lipinski definition) is 5. The summed E-state index contributed by atoms with van der Waals surface area (Å²) in [6.07, 6.45) is 0.0663. The maximum Gasteiger partial charge on any atom is 0.338 e. The third kappa shape index (κ3) is 4.73. The zero-order valence-electron chi connectivity index (χ0n) is 14.9. The van der Waals surface area contributed by atoms with Gasteiger partial charge in [-0.2, -0.15) is 0 Å². The van der Waals surface area contributed by atoms with Crippen molar-refractivity contribution in [2.45, 2.75) is 32.9 Å². The molecule has 25 heavy (non-hydrogen) atoms. The van der Waals surface area contributed by atoms with Crippen LogP contribution in [0, 0.1) is 0 Å². The quantitative estimate of drug-likeness (QED) is 0.583. The minimum atomic E-state index is -0.650. The number of nitrogens with one attached hydrogen (secondary N) is 2. The highest BCUT2D eigenvalue weighted by Crippen LogP contribution is 2.33. The molecule has 1 atom stereocenters. The van der Waals surface area contributed by atoms with Gasteiger partial charge in [-0.1, -0.05) is 18.2 Å². The Labute approximate surface area is 147 Å². The summed E-state index contributed by atoms with van der Waals surface area (Å²) >= 11 is 0. The van der Waals surface area contributed by atoms with Gasteiger partial charge < -0.3 is 24.8 Å². The molecule has 7 heteroatoms. The molecule has 1 heterocycles. The third-order valence-corrected chi connectivity index (χ3v) is 3.71. The number of allylic oxidation sites excluding steroid dienone is 1. The van der Waals surface area contributed by atoms with E-state index in [1.807, 2.05) is 26.0 Å². The molecule has 0 unspecified atom stereocenters. The second-order valence-electron chi connectivity index (χ2n) is 5.87. The Balaban J connectivity index is 2.23. The van der Waals surface area contributed by atoms with Gasteiger partial charge in [-0.25, -0.2) is 9.59 Å². The van der Waals surface area contributed by atoms with E-state index in [0.29, 0.717) is 29.2 Å². The second-order valence-corrected chi connectivity index (χ2v) is 5.87. The molecule has 0 radical (unpaired) electrons. The average molecular weight is 348 g/mol. The number of methoxy groups -OCH3 is 1. The molecule has 0 aromatic heterocycles. The Hall–Kier alpha value is -2.54. The Kier molecular flexibility index (Phi) is 6.41. The maximum atomic E-state index is 12.6. The molecule has 1 aromatic rings. The van der Waals surface area contributed by atoms with Crippen LogP contribution in [0.15, 0.2) is 35.5 Å². The van der Waals surface area contributed by atoms with E-state index in [0.717, 1.165) is 0 Å². The van der Waals surface area contributed by atoms with Crippen LogP contribution in [-0.2, 0) is 14.3 Å². The van der Waals surface area contributed by atoms with Gasteiger partial charge in [0.25, 0.3) is 0 Å². The molecule has 2 N–H and O–H groups in total. The van der Waals surface area contributed by atoms with Crippen molar-refractivity contribution in [2.75, 3.05) is 20.3 Å². The van der Waals surface area contributed by atoms with Gasteiger partial charge in [-0.3, -0.25) is 0 Å². The molecule has 0 fully saturated rings. The fourth-order valence-electron chi connectivity index (χ4n) is 2.60. The van der Waals surface area contributed by atoms with Crippen LogP contribution in [0.5, 0.6) is 5.75 Å². The van der Waals surface area contributed by atoms with Crippen LogP contribution < -0.4 is 15.4 Å². The molecule has 7 nitrogen and oxygen atoms in total. The van der Waals surface area contributed by atoms with E-state index in [2.05, 4.69) is 10.6 Å². The van der Waals surface area contributed by atoms with E-state index in [9.17, 15) is 9.59 Å². The first kappa shape index (κ1) is 18.8. The van der Waals surface area contributed by atoms with E-state index in [-0.39, 0.29) is 18.7 Å². The van der Waals surface area contributed by atoms with E-state index in [1.165, 1.54) is 0 Å². The maximum absolute atomic E-state index is 12.6. The first-order valence-electron chi connectivity index (χ1n) is 8.14. The number of rotatable bonds is 7. The lowest BCUT2D eigenvalue weighted by atomic mass is 9.95. The largest absolute Gasteiger partial charge is 0.496 e. The monoisotopic (exact) mass is 348 g/mol. The van der Waals surface area contributed by atoms with Crippen LogP contribution >= 0.6 is 0 Å². The van der Waals surface area contributed by atoms with Gasteiger partial charge in [-0.15, -0.1) is 0 Å². The van der Waals surface area contributed by atoms with Crippen LogP contribution in [-0.4, -0.2) is 38.4 Å². The Morgan fingerprint density at radius 2 is 1.96 bits per heavy atom. The fourth-order valence-corrected chi connectivity index (χ4v) is 2.60. The van der Waals surface area contributed by atoms with Gasteiger partial charge in [0.05, 0.1) is 31.4 Å². The number of esters is 1. The number of carbonyl (C=O) groups is 2. The fraction of sp³-hybridized carbons (Fsp3) is 0.444. The lowest BCUT2D eigenvalue weighted by Crippen LogP contribution is -2.45. The van der Waals surface area contributed by atoms with E-state index in [1.54, 1.807) is 26.2 Å². The minimum absolute atomic E-state index is 0.0663. The third-order valence-electron chi connectivity index (χ3n) is 3.71. The van der Waals surface area contributed by atoms with Crippen molar-refractivity contribution >= 4 is 12.0 Å². The topological polar surface area (TPSA) is 85.9 Å². The van der Waals surface area contributed by atoms with Gasteiger partial charge in [0.1, 0.15) is 12.4 Å². The summed E-state index contributed by atoms with van der Waals surface area (Å²) in [5, 5.41) is 5.37. The molecule has 136 valence electrons. The highest BCUT2D eigenvalue weighted by molar-refractivity contribution is 5.95. The number of carbonyl (C=O) groups excluding carboxylic acids is 2. The summed E-state index contributed by atoms with van der Waals surface area (Å²) in [6, 6.07) is 6.19. The lowest BCUT2D eigenvalue weighted by Gasteiger charge is -2.29. The molecule has 0 saturated heterocycles. The summed E-state index contributed by atoms with van der Waals surface area (Å²) in [5.41, 5.74) is 1.48. The molecule has 2 rings (SSSR count). The van der Waals surface area contributed by atoms with Crippen molar-refractivity contribution < 1.29 is 23.8 Å². The predicted molar refractivity (Wildman–Crippen MR) is 92.1 cm³/mol. The Morgan fingerprint density at radius 1 is 1.24 bits per heavy atom. The van der Waals surface area contributed by atoms with Crippen LogP contribution in [0.4, 0.5) is 4.79 Å². The molecular weight excluding hydrogens is 324 g/mol. The van der Waals surface area contributed by atoms with Crippen molar-refractivity contribution in [1.82, 2.24) is 10.6 Å². The van der Waals surface area contributed by atoms with Crippen molar-refractivity contribution in [3.63, 3.8) is 0 Å². The SMILES string of the molecule is COc1ccccc1[C@H]1NC(=O)NC(C)=C1C(=O)OCCOC(C)C. The van der Waals surface area contributed by atoms with Gasteiger partial charge >= 0.3 is 12.0 Å². The molecule has 0 saturated carbocycles. The summed E-state index contributed by atoms with van der Waals surface area (Å²) in [5.74, 6) is 0.0733. The van der Waals surface area contributed by atoms with Crippen molar-refractivity contribution in [3.05, 3.63) is 41.1 Å². The predicted octanol–water partition coefficient (Wildman–Crippen LogP) is 2.29. The van der Waals surface area contributed by atoms with Crippen LogP contribution in [0.1, 0.15) is 32.4 Å². The van der Waals surface area contributed by atoms with Gasteiger partial charge in [-0.05, 0) is 26.8 Å². The van der Waals surface area contributed by atoms with Crippen LogP contribution in [0.3, 0.4) is 0 Å². The second kappa shape index (κ2) is 8.53. The van der Waals surface area contributed by atoms with Crippen LogP contribution in [0.2, 0.25) is 0 Å². The highest BCUT2D eigenvalue weighted by Gasteiger charge is 2.33. The summed E-state index contributed by atoms with van der Waals surface area (Å²) in [4.78, 5) is 24.5. The van der Waals surface area contributed by atoms with Gasteiger partial charge in [0, 0.05) is 11.3 Å². The number of benzene rings is 1. The van der Waals surface area contributed by atoms with E-state index < -0.39 is 12.0 Å². The molecule has 1 aliphatic heterocycles. The highest BCUT2D eigenvalue weighted by atomic mass is 16.6. The van der Waals surface area contributed by atoms with E-state index in [4.69, 9.17) is 14.2 Å². The molecule has 0 aliphatic carbocycles. The zero-order chi connectivity index (χ0) is 18.4. The molecule has 0 bridgehead atoms. The Morgan fingerprint density at radius 3 is 2.64 bits per heavy atom. The molecule has 0 spiro atoms. The molecule has 2 amide bonds. The minimum Gasteiger partial charge on any atom is -0.496 e. The number of amides is 2. The van der Waals surface area contributed by atoms with Crippen molar-refractivity contribution in [3.8, 4) is 5.75 Å². The summed E-state index contributed by atoms with van der Waals surface area (Å²) < 4.78 is 16.0. The van der Waals surface area contributed by atoms with Crippen molar-refractivity contribution in [2.24, 2.45) is 0 Å². The number of para-hydroxylation sites is 1. The number of hydrogen-bond donors (Lipinski definition) is 2. The normalized spacial score (nSPS) is 17.2. The molecule has 1 aliphatic rings. The standard InChI is InChI=1S/C18H24N2O5/c1-11(2)24-9-10-25-17(21)15-12(3)19-18(22)20-16(15)13-7-5-6-8-14(13)23-4/h5-8,11,16H,9-10H2,1-4H3,(H2,19,20,22)/t16-/m1/s1. The summed E-state index contributed by atoms with van der Waals surface area (Å²) in [6.45, 7) is 5.94. The van der Waals surface area contributed by atoms with E-state index >= 15 is 0 Å². The molecular formula is C18H24N2O5. The number of ether oxygens (including phenoxy) is 3. The van der Waals surface area contributed by atoms with Gasteiger partial charge in [0.15, 0.2) is 0 Å². The Bertz CT molecular complexity index is 669. The first-order valence-corrected chi connectivity index (χ1v) is 8.14.